The number of anilines is 1. The Balaban J connectivity index is 1.80. The molecule has 2 aliphatic rings. The summed E-state index contributed by atoms with van der Waals surface area (Å²) in [4.78, 5) is 15.8. The highest BCUT2D eigenvalue weighted by molar-refractivity contribution is 9.10. The van der Waals surface area contributed by atoms with E-state index >= 15 is 0 Å². The van der Waals surface area contributed by atoms with Crippen LogP contribution in [0.25, 0.3) is 6.08 Å². The van der Waals surface area contributed by atoms with Crippen LogP contribution in [-0.2, 0) is 0 Å². The molecule has 0 amide bonds. The maximum Gasteiger partial charge on any atom is 0.223 e. The summed E-state index contributed by atoms with van der Waals surface area (Å²) in [5.74, 6) is -1.33. The average molecular weight is 480 g/mol. The smallest absolute Gasteiger partial charge is 0.223 e. The van der Waals surface area contributed by atoms with Crippen molar-refractivity contribution in [2.75, 3.05) is 4.90 Å². The molecule has 1 saturated heterocycles. The van der Waals surface area contributed by atoms with E-state index < -0.39 is 23.4 Å². The lowest BCUT2D eigenvalue weighted by molar-refractivity contribution is 0.0906. The molecule has 0 radical (unpaired) electrons. The van der Waals surface area contributed by atoms with Gasteiger partial charge in [0.25, 0.3) is 0 Å². The summed E-state index contributed by atoms with van der Waals surface area (Å²) in [5, 5.41) is 21.0. The number of ketones is 1. The number of fused-ring (bicyclic) bond motifs is 3. The lowest BCUT2D eigenvalue weighted by Gasteiger charge is -2.37. The Morgan fingerprint density at radius 1 is 0.906 bits per heavy atom. The highest BCUT2D eigenvalue weighted by Gasteiger charge is 2.63. The standard InChI is InChI=1S/C27H18BrN3O/c28-21-12-6-5-11-20(21)25-24(26(32)19-9-2-1-3-10-19)23-15-14-18-8-4-7-13-22(18)31(23)27(25,16-29)17-30/h1-15,23-25H/t23-,24-,25+/m0/s1. The normalized spacial score (nSPS) is 22.3. The molecule has 0 bridgehead atoms. The van der Waals surface area contributed by atoms with Crippen molar-refractivity contribution >= 4 is 33.5 Å². The van der Waals surface area contributed by atoms with Crippen molar-refractivity contribution in [2.45, 2.75) is 17.5 Å². The molecule has 5 heteroatoms. The van der Waals surface area contributed by atoms with Crippen molar-refractivity contribution in [3.63, 3.8) is 0 Å². The van der Waals surface area contributed by atoms with Crippen molar-refractivity contribution in [2.24, 2.45) is 5.92 Å². The summed E-state index contributed by atoms with van der Waals surface area (Å²) in [7, 11) is 0. The van der Waals surface area contributed by atoms with E-state index in [-0.39, 0.29) is 5.78 Å². The van der Waals surface area contributed by atoms with Crippen LogP contribution in [0.15, 0.2) is 89.4 Å². The number of Topliss-reactive ketones (excluding diaryl/α,β-unsaturated/α-hetero) is 1. The fraction of sp³-hybridized carbons (Fsp3) is 0.148. The number of halogens is 1. The van der Waals surface area contributed by atoms with Gasteiger partial charge in [0.2, 0.25) is 5.54 Å². The number of carbonyl (C=O) groups is 1. The number of para-hydroxylation sites is 1. The van der Waals surface area contributed by atoms with Gasteiger partial charge in [-0.25, -0.2) is 0 Å². The maximum absolute atomic E-state index is 13.9. The van der Waals surface area contributed by atoms with Crippen molar-refractivity contribution in [3.05, 3.63) is 106 Å². The molecule has 4 nitrogen and oxygen atoms in total. The number of benzene rings is 3. The van der Waals surface area contributed by atoms with E-state index in [1.165, 1.54) is 0 Å². The van der Waals surface area contributed by atoms with Gasteiger partial charge in [-0.2, -0.15) is 10.5 Å². The minimum Gasteiger partial charge on any atom is -0.333 e. The molecule has 3 aromatic carbocycles. The summed E-state index contributed by atoms with van der Waals surface area (Å²) < 4.78 is 0.780. The Labute approximate surface area is 195 Å². The predicted octanol–water partition coefficient (Wildman–Crippen LogP) is 5.73. The quantitative estimate of drug-likeness (QED) is 0.449. The summed E-state index contributed by atoms with van der Waals surface area (Å²) in [6.07, 6.45) is 3.96. The van der Waals surface area contributed by atoms with Crippen molar-refractivity contribution in [1.82, 2.24) is 0 Å². The Morgan fingerprint density at radius 2 is 1.56 bits per heavy atom. The molecule has 0 saturated carbocycles. The van der Waals surface area contributed by atoms with E-state index in [1.54, 1.807) is 12.1 Å². The summed E-state index contributed by atoms with van der Waals surface area (Å²) >= 11 is 3.61. The van der Waals surface area contributed by atoms with E-state index in [0.29, 0.717) is 5.56 Å². The van der Waals surface area contributed by atoms with Gasteiger partial charge in [0.05, 0.1) is 12.0 Å². The van der Waals surface area contributed by atoms with Crippen molar-refractivity contribution < 1.29 is 4.79 Å². The molecule has 3 atom stereocenters. The lowest BCUT2D eigenvalue weighted by atomic mass is 9.72. The zero-order valence-electron chi connectivity index (χ0n) is 17.0. The molecule has 1 fully saturated rings. The molecule has 154 valence electrons. The van der Waals surface area contributed by atoms with Gasteiger partial charge in [0.15, 0.2) is 5.78 Å². The fourth-order valence-electron chi connectivity index (χ4n) is 5.13. The Morgan fingerprint density at radius 3 is 2.28 bits per heavy atom. The van der Waals surface area contributed by atoms with Crippen LogP contribution in [0.4, 0.5) is 5.69 Å². The van der Waals surface area contributed by atoms with Gasteiger partial charge in [-0.05, 0) is 23.3 Å². The number of carbonyl (C=O) groups excluding carboxylic acids is 1. The molecule has 0 unspecified atom stereocenters. The van der Waals surface area contributed by atoms with Gasteiger partial charge >= 0.3 is 0 Å². The van der Waals surface area contributed by atoms with Gasteiger partial charge < -0.3 is 4.90 Å². The third-order valence-electron chi connectivity index (χ3n) is 6.47. The molecule has 0 spiro atoms. The molecule has 2 aliphatic heterocycles. The summed E-state index contributed by atoms with van der Waals surface area (Å²) in [5.41, 5.74) is 1.53. The first-order valence-corrected chi connectivity index (χ1v) is 11.1. The van der Waals surface area contributed by atoms with Crippen LogP contribution in [0.2, 0.25) is 0 Å². The highest BCUT2D eigenvalue weighted by atomic mass is 79.9. The van der Waals surface area contributed by atoms with Gasteiger partial charge in [-0.1, -0.05) is 94.8 Å². The van der Waals surface area contributed by atoms with Crippen molar-refractivity contribution in [1.29, 1.82) is 10.5 Å². The van der Waals surface area contributed by atoms with Crippen LogP contribution < -0.4 is 4.90 Å². The lowest BCUT2D eigenvalue weighted by Crippen LogP contribution is -2.48. The second kappa shape index (κ2) is 7.79. The monoisotopic (exact) mass is 479 g/mol. The third-order valence-corrected chi connectivity index (χ3v) is 7.19. The Hall–Kier alpha value is -3.67. The number of hydrogen-bond donors (Lipinski definition) is 0. The average Bonchev–Trinajstić information content (AvgIpc) is 3.15. The van der Waals surface area contributed by atoms with E-state index in [4.69, 9.17) is 0 Å². The van der Waals surface area contributed by atoms with Crippen LogP contribution in [-0.4, -0.2) is 17.4 Å². The first-order chi connectivity index (χ1) is 15.6. The minimum atomic E-state index is -1.55. The zero-order chi connectivity index (χ0) is 22.3. The number of rotatable bonds is 3. The van der Waals surface area contributed by atoms with Crippen molar-refractivity contribution in [3.8, 4) is 12.1 Å². The number of nitriles is 2. The third kappa shape index (κ3) is 2.83. The molecule has 32 heavy (non-hydrogen) atoms. The first kappa shape index (κ1) is 20.2. The largest absolute Gasteiger partial charge is 0.333 e. The number of hydrogen-bond acceptors (Lipinski definition) is 4. The van der Waals surface area contributed by atoms with Crippen LogP contribution in [0, 0.1) is 28.6 Å². The molecule has 3 aromatic rings. The second-order valence-corrected chi connectivity index (χ2v) is 8.88. The van der Waals surface area contributed by atoms with Crippen LogP contribution in [0.5, 0.6) is 0 Å². The van der Waals surface area contributed by atoms with Gasteiger partial charge in [0, 0.05) is 21.6 Å². The van der Waals surface area contributed by atoms with Gasteiger partial charge in [-0.3, -0.25) is 4.79 Å². The van der Waals surface area contributed by atoms with E-state index in [2.05, 4.69) is 28.1 Å². The number of nitrogens with zero attached hydrogens (tertiary/aromatic N) is 3. The predicted molar refractivity (Wildman–Crippen MR) is 127 cm³/mol. The van der Waals surface area contributed by atoms with Crippen LogP contribution in [0.1, 0.15) is 27.4 Å². The van der Waals surface area contributed by atoms with Crippen LogP contribution in [0.3, 0.4) is 0 Å². The summed E-state index contributed by atoms with van der Waals surface area (Å²) in [6.45, 7) is 0. The van der Waals surface area contributed by atoms with E-state index in [9.17, 15) is 15.3 Å². The first-order valence-electron chi connectivity index (χ1n) is 10.3. The molecule has 2 heterocycles. The topological polar surface area (TPSA) is 67.9 Å². The van der Waals surface area contributed by atoms with Crippen LogP contribution >= 0.6 is 15.9 Å². The molecular weight excluding hydrogens is 462 g/mol. The molecule has 0 N–H and O–H groups in total. The minimum absolute atomic E-state index is 0.0715. The summed E-state index contributed by atoms with van der Waals surface area (Å²) in [6, 6.07) is 28.6. The highest BCUT2D eigenvalue weighted by Crippen LogP contribution is 2.55. The second-order valence-electron chi connectivity index (χ2n) is 8.02. The van der Waals surface area contributed by atoms with E-state index in [1.807, 2.05) is 83.8 Å². The molecule has 5 rings (SSSR count). The van der Waals surface area contributed by atoms with E-state index in [0.717, 1.165) is 21.3 Å². The Bertz CT molecular complexity index is 1300. The Kier molecular flexibility index (Phi) is 4.93. The molecule has 0 aliphatic carbocycles. The molecule has 0 aromatic heterocycles. The molecular formula is C27H18BrN3O. The van der Waals surface area contributed by atoms with Gasteiger partial charge in [-0.15, -0.1) is 0 Å². The fourth-order valence-corrected chi connectivity index (χ4v) is 5.66. The zero-order valence-corrected chi connectivity index (χ0v) is 18.6. The maximum atomic E-state index is 13.9. The van der Waals surface area contributed by atoms with Gasteiger partial charge in [0.1, 0.15) is 12.1 Å². The SMILES string of the molecule is N#CC1(C#N)[C@H](c2ccccc2Br)[C@@H](C(=O)c2ccccc2)[C@@H]2C=Cc3ccccc3N21.